The SMILES string of the molecule is N#Cc1ccc2c(=O)c3cc4c(cc3oc2c1)-c1cc(N(c2ccccc2)c2ccccc2)ccc1C4=O. The molecule has 5 heteroatoms. The van der Waals surface area contributed by atoms with Gasteiger partial charge in [0.1, 0.15) is 11.2 Å². The molecular weight excluding hydrogens is 472 g/mol. The normalized spacial score (nSPS) is 11.8. The van der Waals surface area contributed by atoms with Gasteiger partial charge in [0.25, 0.3) is 0 Å². The second kappa shape index (κ2) is 8.29. The number of nitrogens with zero attached hydrogens (tertiary/aromatic N) is 2. The van der Waals surface area contributed by atoms with Gasteiger partial charge in [0.05, 0.1) is 22.4 Å². The number of para-hydroxylation sites is 2. The second-order valence-electron chi connectivity index (χ2n) is 9.21. The van der Waals surface area contributed by atoms with Gasteiger partial charge in [-0.2, -0.15) is 5.26 Å². The van der Waals surface area contributed by atoms with Crippen LogP contribution in [-0.4, -0.2) is 5.78 Å². The van der Waals surface area contributed by atoms with Crippen LogP contribution in [0.3, 0.4) is 0 Å². The van der Waals surface area contributed by atoms with Gasteiger partial charge in [-0.1, -0.05) is 36.4 Å². The Morgan fingerprint density at radius 2 is 1.24 bits per heavy atom. The predicted octanol–water partition coefficient (Wildman–Crippen LogP) is 7.50. The third kappa shape index (κ3) is 3.25. The van der Waals surface area contributed by atoms with Gasteiger partial charge in [-0.25, -0.2) is 0 Å². The first-order valence-electron chi connectivity index (χ1n) is 12.2. The summed E-state index contributed by atoms with van der Waals surface area (Å²) in [6.07, 6.45) is 0. The zero-order valence-corrected chi connectivity index (χ0v) is 20.0. The molecule has 7 rings (SSSR count). The molecule has 1 aliphatic rings. The van der Waals surface area contributed by atoms with E-state index in [-0.39, 0.29) is 11.2 Å². The zero-order chi connectivity index (χ0) is 25.8. The van der Waals surface area contributed by atoms with Gasteiger partial charge in [0.2, 0.25) is 5.43 Å². The minimum absolute atomic E-state index is 0.117. The zero-order valence-electron chi connectivity index (χ0n) is 20.0. The largest absolute Gasteiger partial charge is 0.456 e. The molecule has 0 unspecified atom stereocenters. The van der Waals surface area contributed by atoms with Crippen molar-refractivity contribution < 1.29 is 9.21 Å². The van der Waals surface area contributed by atoms with E-state index in [0.717, 1.165) is 28.2 Å². The van der Waals surface area contributed by atoms with Gasteiger partial charge in [-0.3, -0.25) is 9.59 Å². The van der Waals surface area contributed by atoms with E-state index in [2.05, 4.69) is 11.0 Å². The molecule has 38 heavy (non-hydrogen) atoms. The van der Waals surface area contributed by atoms with Crippen LogP contribution >= 0.6 is 0 Å². The summed E-state index contributed by atoms with van der Waals surface area (Å²) < 4.78 is 6.09. The average molecular weight is 491 g/mol. The Hall–Kier alpha value is -5.47. The highest BCUT2D eigenvalue weighted by molar-refractivity contribution is 6.23. The van der Waals surface area contributed by atoms with Gasteiger partial charge < -0.3 is 9.32 Å². The number of anilines is 3. The Kier molecular flexibility index (Phi) is 4.75. The molecule has 1 aromatic heterocycles. The van der Waals surface area contributed by atoms with Crippen molar-refractivity contribution in [3.8, 4) is 17.2 Å². The van der Waals surface area contributed by atoms with Gasteiger partial charge in [-0.15, -0.1) is 0 Å². The summed E-state index contributed by atoms with van der Waals surface area (Å²) in [5.74, 6) is -0.117. The number of benzene rings is 5. The fourth-order valence-electron chi connectivity index (χ4n) is 5.22. The molecule has 0 saturated carbocycles. The van der Waals surface area contributed by atoms with Crippen molar-refractivity contribution in [2.24, 2.45) is 0 Å². The van der Waals surface area contributed by atoms with Gasteiger partial charge in [0, 0.05) is 28.2 Å². The Morgan fingerprint density at radius 1 is 0.579 bits per heavy atom. The lowest BCUT2D eigenvalue weighted by atomic mass is 10.0. The van der Waals surface area contributed by atoms with Crippen molar-refractivity contribution >= 4 is 44.8 Å². The molecule has 5 nitrogen and oxygen atoms in total. The molecule has 5 aromatic carbocycles. The van der Waals surface area contributed by atoms with Crippen LogP contribution in [0, 0.1) is 11.3 Å². The number of fused-ring (bicyclic) bond motifs is 5. The van der Waals surface area contributed by atoms with E-state index in [1.54, 1.807) is 30.3 Å². The number of hydrogen-bond donors (Lipinski definition) is 0. The van der Waals surface area contributed by atoms with E-state index in [1.165, 1.54) is 0 Å². The van der Waals surface area contributed by atoms with E-state index in [0.29, 0.717) is 38.6 Å². The highest BCUT2D eigenvalue weighted by Gasteiger charge is 2.29. The molecule has 1 aliphatic carbocycles. The number of ketones is 1. The quantitative estimate of drug-likeness (QED) is 0.240. The van der Waals surface area contributed by atoms with Crippen molar-refractivity contribution in [1.29, 1.82) is 5.26 Å². The maximum atomic E-state index is 13.4. The molecule has 0 fully saturated rings. The third-order valence-corrected chi connectivity index (χ3v) is 7.01. The molecule has 178 valence electrons. The van der Waals surface area contributed by atoms with E-state index in [9.17, 15) is 14.9 Å². The van der Waals surface area contributed by atoms with Crippen molar-refractivity contribution in [1.82, 2.24) is 0 Å². The summed E-state index contributed by atoms with van der Waals surface area (Å²) in [6.45, 7) is 0. The highest BCUT2D eigenvalue weighted by atomic mass is 16.3. The fourth-order valence-corrected chi connectivity index (χ4v) is 5.22. The van der Waals surface area contributed by atoms with Gasteiger partial charge >= 0.3 is 0 Å². The molecule has 0 aliphatic heterocycles. The monoisotopic (exact) mass is 490 g/mol. The van der Waals surface area contributed by atoms with Crippen LogP contribution in [0.25, 0.3) is 33.1 Å². The van der Waals surface area contributed by atoms with E-state index < -0.39 is 0 Å². The Balaban J connectivity index is 1.44. The van der Waals surface area contributed by atoms with Crippen LogP contribution in [0.2, 0.25) is 0 Å². The first kappa shape index (κ1) is 21.8. The molecule has 0 bridgehead atoms. The molecule has 1 heterocycles. The van der Waals surface area contributed by atoms with E-state index in [1.807, 2.05) is 78.9 Å². The summed E-state index contributed by atoms with van der Waals surface area (Å²) in [5, 5.41) is 9.99. The van der Waals surface area contributed by atoms with E-state index in [4.69, 9.17) is 4.42 Å². The van der Waals surface area contributed by atoms with Crippen LogP contribution in [0.15, 0.2) is 118 Å². The maximum absolute atomic E-state index is 13.4. The lowest BCUT2D eigenvalue weighted by Gasteiger charge is -2.26. The number of rotatable bonds is 3. The Bertz CT molecular complexity index is 1980. The lowest BCUT2D eigenvalue weighted by Crippen LogP contribution is -2.10. The summed E-state index contributed by atoms with van der Waals surface area (Å²) in [5.41, 5.74) is 6.38. The van der Waals surface area contributed by atoms with Crippen LogP contribution in [-0.2, 0) is 0 Å². The van der Waals surface area contributed by atoms with Crippen molar-refractivity contribution in [2.45, 2.75) is 0 Å². The summed E-state index contributed by atoms with van der Waals surface area (Å²) >= 11 is 0. The van der Waals surface area contributed by atoms with Crippen LogP contribution < -0.4 is 10.3 Å². The van der Waals surface area contributed by atoms with Gasteiger partial charge in [0.15, 0.2) is 5.78 Å². The smallest absolute Gasteiger partial charge is 0.200 e. The minimum atomic E-state index is -0.225. The highest BCUT2D eigenvalue weighted by Crippen LogP contribution is 2.43. The molecule has 0 N–H and O–H groups in total. The number of hydrogen-bond acceptors (Lipinski definition) is 5. The molecule has 6 aromatic rings. The fraction of sp³-hybridized carbons (Fsp3) is 0. The predicted molar refractivity (Wildman–Crippen MR) is 148 cm³/mol. The molecular formula is C33H18N2O3. The standard InChI is InChI=1S/C33H18N2O3/c34-19-20-11-13-25-30(15-20)38-31-18-27-26-16-23(12-14-24(26)32(36)28(27)17-29(31)33(25)37)35(21-7-3-1-4-8-21)22-9-5-2-6-10-22/h1-18H. The molecule has 0 amide bonds. The van der Waals surface area contributed by atoms with Crippen LogP contribution in [0.5, 0.6) is 0 Å². The van der Waals surface area contributed by atoms with Crippen molar-refractivity contribution in [3.63, 3.8) is 0 Å². The van der Waals surface area contributed by atoms with Crippen LogP contribution in [0.1, 0.15) is 21.5 Å². The molecule has 0 saturated heterocycles. The Morgan fingerprint density at radius 3 is 1.92 bits per heavy atom. The van der Waals surface area contributed by atoms with Crippen molar-refractivity contribution in [2.75, 3.05) is 4.90 Å². The molecule has 0 spiro atoms. The molecule has 0 atom stereocenters. The summed E-state index contributed by atoms with van der Waals surface area (Å²) in [4.78, 5) is 28.8. The maximum Gasteiger partial charge on any atom is 0.200 e. The van der Waals surface area contributed by atoms with Crippen LogP contribution in [0.4, 0.5) is 17.1 Å². The second-order valence-corrected chi connectivity index (χ2v) is 9.21. The first-order chi connectivity index (χ1) is 18.6. The van der Waals surface area contributed by atoms with Gasteiger partial charge in [-0.05, 0) is 83.9 Å². The lowest BCUT2D eigenvalue weighted by molar-refractivity contribution is 0.104. The average Bonchev–Trinajstić information content (AvgIpc) is 3.23. The summed E-state index contributed by atoms with van der Waals surface area (Å²) in [7, 11) is 0. The Labute approximate surface area is 217 Å². The topological polar surface area (TPSA) is 74.3 Å². The first-order valence-corrected chi connectivity index (χ1v) is 12.2. The number of carbonyl (C=O) groups excluding carboxylic acids is 1. The number of carbonyl (C=O) groups is 1. The minimum Gasteiger partial charge on any atom is -0.456 e. The summed E-state index contributed by atoms with van der Waals surface area (Å²) in [6, 6.07) is 36.2. The molecule has 0 radical (unpaired) electrons. The third-order valence-electron chi connectivity index (χ3n) is 7.01. The van der Waals surface area contributed by atoms with E-state index >= 15 is 0 Å². The number of nitriles is 1. The van der Waals surface area contributed by atoms with Crippen molar-refractivity contribution in [3.05, 3.63) is 136 Å².